The van der Waals surface area contributed by atoms with Gasteiger partial charge in [0.1, 0.15) is 18.0 Å². The highest BCUT2D eigenvalue weighted by Gasteiger charge is 2.24. The summed E-state index contributed by atoms with van der Waals surface area (Å²) in [6, 6.07) is 13.7. The van der Waals surface area contributed by atoms with Crippen LogP contribution in [0, 0.1) is 6.92 Å². The smallest absolute Gasteiger partial charge is 0.260 e. The molecule has 2 aromatic rings. The third-order valence-electron chi connectivity index (χ3n) is 4.87. The van der Waals surface area contributed by atoms with Gasteiger partial charge in [-0.1, -0.05) is 17.7 Å². The van der Waals surface area contributed by atoms with Gasteiger partial charge < -0.3 is 19.3 Å². The van der Waals surface area contributed by atoms with Crippen LogP contribution >= 0.6 is 11.6 Å². The Hall–Kier alpha value is -2.24. The molecule has 0 aromatic heterocycles. The van der Waals surface area contributed by atoms with Crippen LogP contribution in [-0.4, -0.2) is 50.7 Å². The van der Waals surface area contributed by atoms with Gasteiger partial charge in [-0.15, -0.1) is 0 Å². The van der Waals surface area contributed by atoms with E-state index >= 15 is 0 Å². The summed E-state index contributed by atoms with van der Waals surface area (Å²) in [6.07, 6.45) is 0. The van der Waals surface area contributed by atoms with E-state index in [4.69, 9.17) is 21.1 Å². The number of quaternary nitrogens is 1. The van der Waals surface area contributed by atoms with Crippen molar-refractivity contribution >= 4 is 17.5 Å². The number of methoxy groups -OCH3 is 1. The summed E-state index contributed by atoms with van der Waals surface area (Å²) in [7, 11) is 1.67. The molecular formula is C21H26ClN2O3+. The molecular weight excluding hydrogens is 364 g/mol. The SMILES string of the molecule is COc1ccc(C[NH+]2CCN(C(=O)COc3cc(C)ccc3Cl)CC2)cc1. The number of hydrogen-bond acceptors (Lipinski definition) is 3. The monoisotopic (exact) mass is 389 g/mol. The first-order valence-electron chi connectivity index (χ1n) is 9.18. The molecule has 0 saturated carbocycles. The minimum atomic E-state index is 0.0103. The van der Waals surface area contributed by atoms with Gasteiger partial charge in [0.15, 0.2) is 6.61 Å². The zero-order chi connectivity index (χ0) is 19.2. The number of benzene rings is 2. The number of piperazine rings is 1. The first-order valence-corrected chi connectivity index (χ1v) is 9.56. The van der Waals surface area contributed by atoms with Crippen LogP contribution in [0.1, 0.15) is 11.1 Å². The molecule has 27 heavy (non-hydrogen) atoms. The second-order valence-corrected chi connectivity index (χ2v) is 7.29. The number of aryl methyl sites for hydroxylation is 1. The number of nitrogens with one attached hydrogen (secondary N) is 1. The number of rotatable bonds is 6. The van der Waals surface area contributed by atoms with Crippen molar-refractivity contribution in [2.45, 2.75) is 13.5 Å². The standard InChI is InChI=1S/C21H25ClN2O3/c1-16-3-8-19(22)20(13-16)27-15-21(25)24-11-9-23(10-12-24)14-17-4-6-18(26-2)7-5-17/h3-8,13H,9-12,14-15H2,1-2H3/p+1. The summed E-state index contributed by atoms with van der Waals surface area (Å²) in [6.45, 7) is 6.31. The second-order valence-electron chi connectivity index (χ2n) is 6.88. The molecule has 3 rings (SSSR count). The van der Waals surface area contributed by atoms with Crippen LogP contribution in [0.5, 0.6) is 11.5 Å². The van der Waals surface area contributed by atoms with E-state index in [0.29, 0.717) is 10.8 Å². The topological polar surface area (TPSA) is 43.2 Å². The number of nitrogens with zero attached hydrogens (tertiary/aromatic N) is 1. The lowest BCUT2D eigenvalue weighted by Crippen LogP contribution is -3.13. The average molecular weight is 390 g/mol. The van der Waals surface area contributed by atoms with Crippen LogP contribution in [0.2, 0.25) is 5.02 Å². The van der Waals surface area contributed by atoms with Gasteiger partial charge in [0, 0.05) is 5.56 Å². The fraction of sp³-hybridized carbons (Fsp3) is 0.381. The maximum absolute atomic E-state index is 12.4. The molecule has 6 heteroatoms. The zero-order valence-corrected chi connectivity index (χ0v) is 16.6. The van der Waals surface area contributed by atoms with Crippen molar-refractivity contribution in [1.29, 1.82) is 0 Å². The number of amides is 1. The van der Waals surface area contributed by atoms with Crippen molar-refractivity contribution < 1.29 is 19.2 Å². The molecule has 1 amide bonds. The van der Waals surface area contributed by atoms with Crippen molar-refractivity contribution in [2.24, 2.45) is 0 Å². The fourth-order valence-corrected chi connectivity index (χ4v) is 3.41. The molecule has 1 saturated heterocycles. The number of ether oxygens (including phenoxy) is 2. The molecule has 0 spiro atoms. The number of carbonyl (C=O) groups is 1. The van der Waals surface area contributed by atoms with Gasteiger partial charge in [0.2, 0.25) is 0 Å². The number of halogens is 1. The maximum Gasteiger partial charge on any atom is 0.260 e. The highest BCUT2D eigenvalue weighted by molar-refractivity contribution is 6.32. The lowest BCUT2D eigenvalue weighted by Gasteiger charge is -2.32. The van der Waals surface area contributed by atoms with E-state index < -0.39 is 0 Å². The van der Waals surface area contributed by atoms with Crippen LogP contribution in [0.15, 0.2) is 42.5 Å². The summed E-state index contributed by atoms with van der Waals surface area (Å²) < 4.78 is 10.8. The third kappa shape index (κ3) is 5.37. The molecule has 1 aliphatic heterocycles. The van der Waals surface area contributed by atoms with Gasteiger partial charge in [-0.2, -0.15) is 0 Å². The van der Waals surface area contributed by atoms with Gasteiger partial charge in [-0.3, -0.25) is 4.79 Å². The van der Waals surface area contributed by atoms with Gasteiger partial charge in [0.05, 0.1) is 38.3 Å². The van der Waals surface area contributed by atoms with Crippen molar-refractivity contribution in [3.63, 3.8) is 0 Å². The van der Waals surface area contributed by atoms with Crippen LogP contribution in [0.3, 0.4) is 0 Å². The normalized spacial score (nSPS) is 14.9. The van der Waals surface area contributed by atoms with Crippen molar-refractivity contribution in [3.8, 4) is 11.5 Å². The average Bonchev–Trinajstić information content (AvgIpc) is 2.69. The van der Waals surface area contributed by atoms with Crippen LogP contribution < -0.4 is 14.4 Å². The minimum absolute atomic E-state index is 0.0103. The van der Waals surface area contributed by atoms with E-state index in [2.05, 4.69) is 12.1 Å². The molecule has 0 radical (unpaired) electrons. The largest absolute Gasteiger partial charge is 0.497 e. The Kier molecular flexibility index (Phi) is 6.58. The minimum Gasteiger partial charge on any atom is -0.497 e. The molecule has 1 N–H and O–H groups in total. The first-order chi connectivity index (χ1) is 13.0. The molecule has 1 heterocycles. The van der Waals surface area contributed by atoms with E-state index in [9.17, 15) is 4.79 Å². The summed E-state index contributed by atoms with van der Waals surface area (Å²) in [5.74, 6) is 1.45. The molecule has 0 unspecified atom stereocenters. The van der Waals surface area contributed by atoms with Crippen molar-refractivity contribution in [3.05, 3.63) is 58.6 Å². The molecule has 0 bridgehead atoms. The maximum atomic E-state index is 12.4. The summed E-state index contributed by atoms with van der Waals surface area (Å²) in [5, 5.41) is 0.530. The summed E-state index contributed by atoms with van der Waals surface area (Å²) in [4.78, 5) is 15.8. The van der Waals surface area contributed by atoms with Gasteiger partial charge in [-0.25, -0.2) is 0 Å². The van der Waals surface area contributed by atoms with Crippen molar-refractivity contribution in [1.82, 2.24) is 4.90 Å². The lowest BCUT2D eigenvalue weighted by atomic mass is 10.2. The predicted molar refractivity (Wildman–Crippen MR) is 106 cm³/mol. The van der Waals surface area contributed by atoms with Crippen molar-refractivity contribution in [2.75, 3.05) is 39.9 Å². The second kappa shape index (κ2) is 9.11. The lowest BCUT2D eigenvalue weighted by molar-refractivity contribution is -0.917. The Morgan fingerprint density at radius 2 is 1.85 bits per heavy atom. The van der Waals surface area contributed by atoms with Gasteiger partial charge >= 0.3 is 0 Å². The van der Waals surface area contributed by atoms with E-state index in [1.807, 2.05) is 36.1 Å². The Balaban J connectivity index is 1.45. The fourth-order valence-electron chi connectivity index (χ4n) is 3.23. The van der Waals surface area contributed by atoms with E-state index in [0.717, 1.165) is 44.0 Å². The van der Waals surface area contributed by atoms with Crippen LogP contribution in [0.25, 0.3) is 0 Å². The molecule has 1 fully saturated rings. The highest BCUT2D eigenvalue weighted by atomic mass is 35.5. The first kappa shape index (κ1) is 19.5. The van der Waals surface area contributed by atoms with E-state index in [-0.39, 0.29) is 12.5 Å². The molecule has 5 nitrogen and oxygen atoms in total. The number of hydrogen-bond donors (Lipinski definition) is 1. The van der Waals surface area contributed by atoms with Crippen LogP contribution in [0.4, 0.5) is 0 Å². The Labute approximate surface area is 165 Å². The Morgan fingerprint density at radius 3 is 2.52 bits per heavy atom. The van der Waals surface area contributed by atoms with Gasteiger partial charge in [-0.05, 0) is 48.9 Å². The highest BCUT2D eigenvalue weighted by Crippen LogP contribution is 2.25. The van der Waals surface area contributed by atoms with E-state index in [1.165, 1.54) is 10.5 Å². The molecule has 0 atom stereocenters. The zero-order valence-electron chi connectivity index (χ0n) is 15.8. The molecule has 144 valence electrons. The predicted octanol–water partition coefficient (Wildman–Crippen LogP) is 1.96. The van der Waals surface area contributed by atoms with E-state index in [1.54, 1.807) is 13.2 Å². The number of carbonyl (C=O) groups excluding carboxylic acids is 1. The summed E-state index contributed by atoms with van der Waals surface area (Å²) >= 11 is 6.12. The summed E-state index contributed by atoms with van der Waals surface area (Å²) in [5.41, 5.74) is 2.33. The molecule has 2 aromatic carbocycles. The van der Waals surface area contributed by atoms with Crippen LogP contribution in [-0.2, 0) is 11.3 Å². The molecule has 1 aliphatic rings. The van der Waals surface area contributed by atoms with Gasteiger partial charge in [0.25, 0.3) is 5.91 Å². The third-order valence-corrected chi connectivity index (χ3v) is 5.19. The molecule has 0 aliphatic carbocycles. The quantitative estimate of drug-likeness (QED) is 0.821. The Bertz CT molecular complexity index is 771. The Morgan fingerprint density at radius 1 is 1.15 bits per heavy atom.